The quantitative estimate of drug-likeness (QED) is 0.731. The molecule has 1 aliphatic rings. The topological polar surface area (TPSA) is 50.8 Å². The third-order valence-corrected chi connectivity index (χ3v) is 5.47. The van der Waals surface area contributed by atoms with E-state index < -0.39 is 0 Å². The summed E-state index contributed by atoms with van der Waals surface area (Å²) < 4.78 is 11.2. The number of carbonyl (C=O) groups excluding carboxylic acids is 1. The van der Waals surface area contributed by atoms with Crippen molar-refractivity contribution in [3.8, 4) is 11.5 Å². The molecule has 0 bridgehead atoms. The molecule has 0 aliphatic carbocycles. The molecular weight excluding hydrogens is 364 g/mol. The van der Waals surface area contributed by atoms with Crippen molar-refractivity contribution in [1.29, 1.82) is 0 Å². The van der Waals surface area contributed by atoms with Crippen molar-refractivity contribution < 1.29 is 14.3 Å². The zero-order valence-electron chi connectivity index (χ0n) is 18.0. The minimum atomic E-state index is -0.142. The molecule has 1 heterocycles. The maximum absolute atomic E-state index is 12.8. The molecule has 0 aromatic heterocycles. The second-order valence-electron chi connectivity index (χ2n) is 7.96. The first kappa shape index (κ1) is 21.2. The molecule has 2 aromatic rings. The molecule has 0 radical (unpaired) electrons. The van der Waals surface area contributed by atoms with E-state index in [1.165, 1.54) is 11.1 Å². The van der Waals surface area contributed by atoms with Gasteiger partial charge in [-0.25, -0.2) is 0 Å². The summed E-state index contributed by atoms with van der Waals surface area (Å²) in [7, 11) is 0. The van der Waals surface area contributed by atoms with Crippen molar-refractivity contribution in [2.75, 3.05) is 26.3 Å². The summed E-state index contributed by atoms with van der Waals surface area (Å²) in [6.45, 7) is 11.8. The minimum absolute atomic E-state index is 0.0977. The first-order chi connectivity index (χ1) is 13.9. The van der Waals surface area contributed by atoms with Gasteiger partial charge in [0.1, 0.15) is 0 Å². The standard InChI is InChI=1S/C24H32N2O3/c1-5-28-21-12-11-19(15-22(21)29-6-2)23(27)25-17-24(3,4)26-14-13-18-9-7-8-10-20(18)16-26/h7-12,15H,5-6,13-14,16-17H2,1-4H3,(H,25,27). The third-order valence-electron chi connectivity index (χ3n) is 5.47. The van der Waals surface area contributed by atoms with Gasteiger partial charge in [-0.05, 0) is 63.4 Å². The van der Waals surface area contributed by atoms with Crippen LogP contribution in [-0.2, 0) is 13.0 Å². The molecule has 29 heavy (non-hydrogen) atoms. The molecule has 1 aliphatic heterocycles. The highest BCUT2D eigenvalue weighted by Gasteiger charge is 2.30. The Morgan fingerprint density at radius 1 is 1.03 bits per heavy atom. The highest BCUT2D eigenvalue weighted by molar-refractivity contribution is 5.94. The van der Waals surface area contributed by atoms with Gasteiger partial charge in [0.2, 0.25) is 0 Å². The van der Waals surface area contributed by atoms with Crippen molar-refractivity contribution in [1.82, 2.24) is 10.2 Å². The van der Waals surface area contributed by atoms with Crippen LogP contribution in [0.4, 0.5) is 0 Å². The van der Waals surface area contributed by atoms with E-state index in [1.807, 2.05) is 13.8 Å². The Bertz CT molecular complexity index is 848. The summed E-state index contributed by atoms with van der Waals surface area (Å²) in [6, 6.07) is 14.0. The summed E-state index contributed by atoms with van der Waals surface area (Å²) in [5, 5.41) is 3.10. The molecule has 156 valence electrons. The lowest BCUT2D eigenvalue weighted by Crippen LogP contribution is -2.53. The number of carbonyl (C=O) groups is 1. The fraction of sp³-hybridized carbons (Fsp3) is 0.458. The van der Waals surface area contributed by atoms with Crippen LogP contribution in [0.25, 0.3) is 0 Å². The molecule has 0 unspecified atom stereocenters. The van der Waals surface area contributed by atoms with Gasteiger partial charge in [-0.1, -0.05) is 24.3 Å². The van der Waals surface area contributed by atoms with Crippen LogP contribution in [-0.4, -0.2) is 42.6 Å². The number of nitrogens with zero attached hydrogens (tertiary/aromatic N) is 1. The molecule has 2 aromatic carbocycles. The number of rotatable bonds is 8. The minimum Gasteiger partial charge on any atom is -0.490 e. The Morgan fingerprint density at radius 2 is 1.72 bits per heavy atom. The van der Waals surface area contributed by atoms with Crippen LogP contribution in [0.2, 0.25) is 0 Å². The molecule has 5 heteroatoms. The van der Waals surface area contributed by atoms with Crippen molar-refractivity contribution in [2.24, 2.45) is 0 Å². The van der Waals surface area contributed by atoms with Gasteiger partial charge < -0.3 is 14.8 Å². The van der Waals surface area contributed by atoms with Crippen molar-refractivity contribution in [2.45, 2.75) is 46.2 Å². The first-order valence-corrected chi connectivity index (χ1v) is 10.4. The number of fused-ring (bicyclic) bond motifs is 1. The van der Waals surface area contributed by atoms with E-state index >= 15 is 0 Å². The average molecular weight is 397 g/mol. The number of nitrogens with one attached hydrogen (secondary N) is 1. The Morgan fingerprint density at radius 3 is 2.45 bits per heavy atom. The lowest BCUT2D eigenvalue weighted by atomic mass is 9.94. The van der Waals surface area contributed by atoms with E-state index in [4.69, 9.17) is 9.47 Å². The number of amides is 1. The second-order valence-corrected chi connectivity index (χ2v) is 7.96. The fourth-order valence-electron chi connectivity index (χ4n) is 3.72. The Labute approximate surface area is 174 Å². The maximum atomic E-state index is 12.8. The van der Waals surface area contributed by atoms with E-state index in [0.717, 1.165) is 19.5 Å². The summed E-state index contributed by atoms with van der Waals surface area (Å²) >= 11 is 0. The largest absolute Gasteiger partial charge is 0.490 e. The molecule has 0 saturated heterocycles. The monoisotopic (exact) mass is 396 g/mol. The van der Waals surface area contributed by atoms with Gasteiger partial charge in [0.25, 0.3) is 5.91 Å². The lowest BCUT2D eigenvalue weighted by molar-refractivity contribution is 0.0826. The predicted octanol–water partition coefficient (Wildman–Crippen LogP) is 4.05. The average Bonchev–Trinajstić information content (AvgIpc) is 2.73. The molecule has 1 N–H and O–H groups in total. The zero-order chi connectivity index (χ0) is 20.9. The first-order valence-electron chi connectivity index (χ1n) is 10.4. The van der Waals surface area contributed by atoms with Crippen LogP contribution in [0, 0.1) is 0 Å². The van der Waals surface area contributed by atoms with Gasteiger partial charge in [0, 0.05) is 30.7 Å². The summed E-state index contributed by atoms with van der Waals surface area (Å²) in [6.07, 6.45) is 1.05. The maximum Gasteiger partial charge on any atom is 0.251 e. The number of benzene rings is 2. The van der Waals surface area contributed by atoms with Crippen LogP contribution in [0.5, 0.6) is 11.5 Å². The van der Waals surface area contributed by atoms with E-state index in [1.54, 1.807) is 18.2 Å². The molecule has 0 atom stereocenters. The van der Waals surface area contributed by atoms with E-state index in [9.17, 15) is 4.79 Å². The molecule has 0 spiro atoms. The van der Waals surface area contributed by atoms with Crippen LogP contribution in [0.15, 0.2) is 42.5 Å². The van der Waals surface area contributed by atoms with Gasteiger partial charge in [-0.15, -0.1) is 0 Å². The summed E-state index contributed by atoms with van der Waals surface area (Å²) in [5.74, 6) is 1.17. The summed E-state index contributed by atoms with van der Waals surface area (Å²) in [4.78, 5) is 15.2. The van der Waals surface area contributed by atoms with E-state index in [0.29, 0.717) is 36.8 Å². The van der Waals surface area contributed by atoms with Crippen molar-refractivity contribution in [3.63, 3.8) is 0 Å². The fourth-order valence-corrected chi connectivity index (χ4v) is 3.72. The van der Waals surface area contributed by atoms with Crippen molar-refractivity contribution >= 4 is 5.91 Å². The SMILES string of the molecule is CCOc1ccc(C(=O)NCC(C)(C)N2CCc3ccccc3C2)cc1OCC. The van der Waals surface area contributed by atoms with E-state index in [2.05, 4.69) is 48.3 Å². The van der Waals surface area contributed by atoms with Crippen LogP contribution in [0.3, 0.4) is 0 Å². The highest BCUT2D eigenvalue weighted by Crippen LogP contribution is 2.29. The second kappa shape index (κ2) is 9.31. The van der Waals surface area contributed by atoms with Gasteiger partial charge >= 0.3 is 0 Å². The third kappa shape index (κ3) is 5.10. The number of hydrogen-bond donors (Lipinski definition) is 1. The van der Waals surface area contributed by atoms with Gasteiger partial charge in [-0.2, -0.15) is 0 Å². The number of ether oxygens (including phenoxy) is 2. The molecule has 0 saturated carbocycles. The smallest absolute Gasteiger partial charge is 0.251 e. The molecule has 5 nitrogen and oxygen atoms in total. The van der Waals surface area contributed by atoms with Crippen LogP contribution >= 0.6 is 0 Å². The molecule has 1 amide bonds. The van der Waals surface area contributed by atoms with Crippen LogP contribution < -0.4 is 14.8 Å². The molecule has 3 rings (SSSR count). The highest BCUT2D eigenvalue weighted by atomic mass is 16.5. The normalized spacial score (nSPS) is 14.2. The molecular formula is C24H32N2O3. The Balaban J connectivity index is 1.64. The predicted molar refractivity (Wildman–Crippen MR) is 116 cm³/mol. The van der Waals surface area contributed by atoms with Gasteiger partial charge in [0.15, 0.2) is 11.5 Å². The Kier molecular flexibility index (Phi) is 6.80. The van der Waals surface area contributed by atoms with Crippen LogP contribution in [0.1, 0.15) is 49.2 Å². The van der Waals surface area contributed by atoms with Crippen molar-refractivity contribution in [3.05, 3.63) is 59.2 Å². The van der Waals surface area contributed by atoms with E-state index in [-0.39, 0.29) is 11.4 Å². The molecule has 0 fully saturated rings. The number of hydrogen-bond acceptors (Lipinski definition) is 4. The van der Waals surface area contributed by atoms with Gasteiger partial charge in [0.05, 0.1) is 13.2 Å². The summed E-state index contributed by atoms with van der Waals surface area (Å²) in [5.41, 5.74) is 3.25. The zero-order valence-corrected chi connectivity index (χ0v) is 18.0. The lowest BCUT2D eigenvalue weighted by Gasteiger charge is -2.41. The van der Waals surface area contributed by atoms with Gasteiger partial charge in [-0.3, -0.25) is 9.69 Å². The Hall–Kier alpha value is -2.53.